The molecule has 0 aliphatic heterocycles. The molecule has 0 aromatic heterocycles. The van der Waals surface area contributed by atoms with Gasteiger partial charge in [0.15, 0.2) is 0 Å². The number of hydrogen-bond donors (Lipinski definition) is 0. The first kappa shape index (κ1) is 12.1. The maximum absolute atomic E-state index is 9.16. The fraction of sp³-hybridized carbons (Fsp3) is 0.118. The molecule has 0 heterocycles. The molecular weight excluding hydrogens is 218 g/mol. The van der Waals surface area contributed by atoms with E-state index in [9.17, 15) is 0 Å². The van der Waals surface area contributed by atoms with Gasteiger partial charge in [-0.2, -0.15) is 5.26 Å². The summed E-state index contributed by atoms with van der Waals surface area (Å²) in [5.41, 5.74) is 1.79. The van der Waals surface area contributed by atoms with Crippen molar-refractivity contribution in [3.05, 3.63) is 84.4 Å². The molecule has 0 aliphatic rings. The van der Waals surface area contributed by atoms with Crippen LogP contribution in [0.4, 0.5) is 0 Å². The molecule has 0 amide bonds. The molecule has 18 heavy (non-hydrogen) atoms. The average molecular weight is 235 g/mol. The summed E-state index contributed by atoms with van der Waals surface area (Å²) in [5, 5.41) is 9.16. The highest BCUT2D eigenvalue weighted by molar-refractivity contribution is 5.44. The third-order valence-corrected chi connectivity index (χ3v) is 3.28. The van der Waals surface area contributed by atoms with Crippen molar-refractivity contribution in [3.63, 3.8) is 0 Å². The van der Waals surface area contributed by atoms with Crippen LogP contribution in [0.2, 0.25) is 0 Å². The van der Waals surface area contributed by atoms with Gasteiger partial charge in [0.2, 0.25) is 0 Å². The van der Waals surface area contributed by atoms with Gasteiger partial charge in [0.25, 0.3) is 0 Å². The Morgan fingerprint density at radius 1 is 1.00 bits per heavy atom. The first-order valence-corrected chi connectivity index (χ1v) is 5.95. The van der Waals surface area contributed by atoms with E-state index in [1.165, 1.54) is 0 Å². The Kier molecular flexibility index (Phi) is 3.60. The molecule has 0 saturated heterocycles. The van der Waals surface area contributed by atoms with E-state index in [4.69, 9.17) is 5.26 Å². The van der Waals surface area contributed by atoms with Gasteiger partial charge in [0.1, 0.15) is 0 Å². The summed E-state index contributed by atoms with van der Waals surface area (Å²) in [7, 11) is 0. The molecule has 1 nitrogen and oxygen atoms in total. The van der Waals surface area contributed by atoms with Crippen LogP contribution >= 0.6 is 0 Å². The van der Waals surface area contributed by atoms with Gasteiger partial charge >= 0.3 is 0 Å². The molecule has 0 fully saturated rings. The molecule has 0 spiro atoms. The van der Waals surface area contributed by atoms with Crippen molar-refractivity contribution < 1.29 is 1.43 Å². The minimum absolute atomic E-state index is 0. The van der Waals surface area contributed by atoms with Crippen molar-refractivity contribution in [3.8, 4) is 6.07 Å². The quantitative estimate of drug-likeness (QED) is 0.724. The van der Waals surface area contributed by atoms with Crippen molar-refractivity contribution in [1.29, 1.82) is 5.26 Å². The zero-order chi connectivity index (χ0) is 12.8. The van der Waals surface area contributed by atoms with E-state index in [0.29, 0.717) is 6.42 Å². The molecule has 0 aliphatic carbocycles. The topological polar surface area (TPSA) is 23.8 Å². The predicted octanol–water partition coefficient (Wildman–Crippen LogP) is 4.32. The molecule has 1 heteroatoms. The second kappa shape index (κ2) is 5.33. The summed E-state index contributed by atoms with van der Waals surface area (Å²) >= 11 is 0. The molecule has 2 aromatic carbocycles. The van der Waals surface area contributed by atoms with Gasteiger partial charge in [-0.1, -0.05) is 66.7 Å². The summed E-state index contributed by atoms with van der Waals surface area (Å²) in [5.74, 6) is 0. The van der Waals surface area contributed by atoms with Gasteiger partial charge in [0, 0.05) is 1.43 Å². The lowest BCUT2D eigenvalue weighted by atomic mass is 9.72. The Morgan fingerprint density at radius 2 is 1.44 bits per heavy atom. The maximum Gasteiger partial charge on any atom is 0.0638 e. The molecule has 90 valence electrons. The summed E-state index contributed by atoms with van der Waals surface area (Å²) in [4.78, 5) is 0. The fourth-order valence-corrected chi connectivity index (χ4v) is 2.27. The number of nitrogens with zero attached hydrogens (tertiary/aromatic N) is 1. The Bertz CT molecular complexity index is 515. The lowest BCUT2D eigenvalue weighted by Gasteiger charge is -2.29. The molecule has 0 bridgehead atoms. The van der Waals surface area contributed by atoms with Crippen LogP contribution in [0.5, 0.6) is 0 Å². The molecule has 0 atom stereocenters. The first-order valence-electron chi connectivity index (χ1n) is 5.95. The van der Waals surface area contributed by atoms with E-state index in [1.54, 1.807) is 0 Å². The number of allylic oxidation sites excluding steroid dienone is 1. The van der Waals surface area contributed by atoms with Crippen LogP contribution in [0.3, 0.4) is 0 Å². The van der Waals surface area contributed by atoms with E-state index in [-0.39, 0.29) is 1.43 Å². The summed E-state index contributed by atoms with van der Waals surface area (Å²) in [6, 6.07) is 22.4. The minimum atomic E-state index is -0.419. The van der Waals surface area contributed by atoms with Gasteiger partial charge < -0.3 is 0 Å². The van der Waals surface area contributed by atoms with Crippen LogP contribution in [0.1, 0.15) is 19.0 Å². The first-order chi connectivity index (χ1) is 8.83. The molecule has 0 N–H and O–H groups in total. The summed E-state index contributed by atoms with van der Waals surface area (Å²) < 4.78 is 0. The predicted molar refractivity (Wildman–Crippen MR) is 76.2 cm³/mol. The smallest absolute Gasteiger partial charge is 0.0638 e. The third kappa shape index (κ3) is 2.06. The number of nitriles is 1. The number of rotatable bonds is 4. The molecule has 2 aromatic rings. The molecule has 2 rings (SSSR count). The monoisotopic (exact) mass is 235 g/mol. The second-order valence-corrected chi connectivity index (χ2v) is 4.24. The lowest BCUT2D eigenvalue weighted by Crippen LogP contribution is -2.24. The highest BCUT2D eigenvalue weighted by Gasteiger charge is 2.30. The fourth-order valence-electron chi connectivity index (χ4n) is 2.27. The van der Waals surface area contributed by atoms with Crippen LogP contribution < -0.4 is 0 Å². The van der Waals surface area contributed by atoms with Crippen molar-refractivity contribution >= 4 is 0 Å². The largest absolute Gasteiger partial charge is 0.198 e. The maximum atomic E-state index is 9.16. The van der Waals surface area contributed by atoms with Crippen LogP contribution in [0, 0.1) is 11.3 Å². The lowest BCUT2D eigenvalue weighted by molar-refractivity contribution is 0.663. The zero-order valence-electron chi connectivity index (χ0n) is 10.2. The van der Waals surface area contributed by atoms with Crippen molar-refractivity contribution in [2.75, 3.05) is 0 Å². The molecule has 0 saturated carbocycles. The van der Waals surface area contributed by atoms with Gasteiger partial charge in [-0.05, 0) is 11.1 Å². The van der Waals surface area contributed by atoms with E-state index >= 15 is 0 Å². The van der Waals surface area contributed by atoms with E-state index in [2.05, 4.69) is 12.6 Å². The Labute approximate surface area is 110 Å². The van der Waals surface area contributed by atoms with Crippen LogP contribution in [0.15, 0.2) is 73.3 Å². The van der Waals surface area contributed by atoms with Crippen molar-refractivity contribution in [1.82, 2.24) is 0 Å². The Hall–Kier alpha value is -2.33. The summed E-state index contributed by atoms with van der Waals surface area (Å²) in [6.07, 6.45) is 2.27. The molecule has 0 unspecified atom stereocenters. The van der Waals surface area contributed by atoms with Crippen molar-refractivity contribution in [2.45, 2.75) is 11.8 Å². The zero-order valence-corrected chi connectivity index (χ0v) is 10.2. The second-order valence-electron chi connectivity index (χ2n) is 4.24. The normalized spacial score (nSPS) is 10.6. The van der Waals surface area contributed by atoms with E-state index in [0.717, 1.165) is 11.1 Å². The van der Waals surface area contributed by atoms with Gasteiger partial charge in [-0.3, -0.25) is 0 Å². The van der Waals surface area contributed by atoms with Crippen molar-refractivity contribution in [2.24, 2.45) is 0 Å². The van der Waals surface area contributed by atoms with Gasteiger partial charge in [-0.25, -0.2) is 0 Å². The van der Waals surface area contributed by atoms with E-state index in [1.807, 2.05) is 66.7 Å². The van der Waals surface area contributed by atoms with E-state index < -0.39 is 5.41 Å². The van der Waals surface area contributed by atoms with Gasteiger partial charge in [-0.15, -0.1) is 6.58 Å². The SMILES string of the molecule is C=CC(CC#N)(c1ccccc1)c1ccccc1.[HH]. The Balaban J connectivity index is 0.00000180. The van der Waals surface area contributed by atoms with Crippen LogP contribution in [-0.2, 0) is 5.41 Å². The molecular formula is C17H17N. The van der Waals surface area contributed by atoms with Gasteiger partial charge in [0.05, 0.1) is 17.9 Å². The standard InChI is InChI=1S/C17H15N.H2/c1-2-17(13-14-18,15-9-5-3-6-10-15)16-11-7-4-8-12-16;/h2-12H,1,13H2;1H. The Morgan fingerprint density at radius 3 is 1.78 bits per heavy atom. The average Bonchev–Trinajstić information content (AvgIpc) is 2.47. The number of hydrogen-bond acceptors (Lipinski definition) is 1. The highest BCUT2D eigenvalue weighted by atomic mass is 14.3. The minimum Gasteiger partial charge on any atom is -0.198 e. The third-order valence-electron chi connectivity index (χ3n) is 3.28. The summed E-state index contributed by atoms with van der Waals surface area (Å²) in [6.45, 7) is 3.95. The number of benzene rings is 2. The highest BCUT2D eigenvalue weighted by Crippen LogP contribution is 2.36. The van der Waals surface area contributed by atoms with Crippen LogP contribution in [0.25, 0.3) is 0 Å². The van der Waals surface area contributed by atoms with Crippen LogP contribution in [-0.4, -0.2) is 0 Å². The molecule has 0 radical (unpaired) electrons.